The zero-order valence-corrected chi connectivity index (χ0v) is 11.7. The molecule has 0 aliphatic rings. The zero-order chi connectivity index (χ0) is 12.3. The molecule has 0 aromatic carbocycles. The Balaban J connectivity index is 0. The van der Waals surface area contributed by atoms with Gasteiger partial charge in [-0.1, -0.05) is 41.0 Å². The Labute approximate surface area is 96.4 Å². The second kappa shape index (κ2) is 10.4. The molecule has 94 valence electrons. The monoisotopic (exact) mass is 218 g/mol. The van der Waals surface area contributed by atoms with Gasteiger partial charge < -0.3 is 9.47 Å². The Morgan fingerprint density at radius 2 is 1.60 bits per heavy atom. The van der Waals surface area contributed by atoms with Crippen molar-refractivity contribution in [1.82, 2.24) is 0 Å². The lowest BCUT2D eigenvalue weighted by Gasteiger charge is -2.20. The summed E-state index contributed by atoms with van der Waals surface area (Å²) in [6, 6.07) is 0. The highest BCUT2D eigenvalue weighted by molar-refractivity contribution is 4.63. The molecule has 2 heteroatoms. The van der Waals surface area contributed by atoms with Crippen LogP contribution in [-0.4, -0.2) is 27.4 Å². The van der Waals surface area contributed by atoms with E-state index in [9.17, 15) is 0 Å². The fourth-order valence-electron chi connectivity index (χ4n) is 0.895. The highest BCUT2D eigenvalue weighted by atomic mass is 16.5. The number of hydrogen-bond donors (Lipinski definition) is 0. The van der Waals surface area contributed by atoms with Crippen molar-refractivity contribution >= 4 is 0 Å². The Kier molecular flexibility index (Phi) is 12.1. The molecule has 0 saturated heterocycles. The van der Waals surface area contributed by atoms with Gasteiger partial charge in [-0.2, -0.15) is 0 Å². The van der Waals surface area contributed by atoms with Crippen LogP contribution < -0.4 is 0 Å². The second-order valence-electron chi connectivity index (χ2n) is 4.92. The van der Waals surface area contributed by atoms with E-state index in [2.05, 4.69) is 34.6 Å². The fraction of sp³-hybridized carbons (Fsp3) is 1.00. The molecule has 0 radical (unpaired) electrons. The summed E-state index contributed by atoms with van der Waals surface area (Å²) < 4.78 is 9.89. The van der Waals surface area contributed by atoms with Crippen LogP contribution in [0.15, 0.2) is 0 Å². The summed E-state index contributed by atoms with van der Waals surface area (Å²) in [5.74, 6) is 0.727. The van der Waals surface area contributed by atoms with E-state index in [0.29, 0.717) is 5.41 Å². The second-order valence-corrected chi connectivity index (χ2v) is 4.92. The molecule has 0 heterocycles. The third-order valence-electron chi connectivity index (χ3n) is 2.64. The maximum absolute atomic E-state index is 5.00. The van der Waals surface area contributed by atoms with Gasteiger partial charge in [0.25, 0.3) is 0 Å². The van der Waals surface area contributed by atoms with Crippen LogP contribution in [-0.2, 0) is 9.47 Å². The van der Waals surface area contributed by atoms with E-state index in [0.717, 1.165) is 19.1 Å². The van der Waals surface area contributed by atoms with Gasteiger partial charge in [-0.15, -0.1) is 0 Å². The van der Waals surface area contributed by atoms with Crippen molar-refractivity contribution in [3.8, 4) is 0 Å². The molecule has 0 rings (SSSR count). The number of methoxy groups -OCH3 is 2. The van der Waals surface area contributed by atoms with Crippen molar-refractivity contribution in [3.05, 3.63) is 0 Å². The van der Waals surface area contributed by atoms with E-state index in [4.69, 9.17) is 9.47 Å². The summed E-state index contributed by atoms with van der Waals surface area (Å²) in [6.07, 6.45) is 2.40. The minimum absolute atomic E-state index is 0.370. The molecule has 15 heavy (non-hydrogen) atoms. The van der Waals surface area contributed by atoms with E-state index in [-0.39, 0.29) is 0 Å². The number of rotatable bonds is 6. The van der Waals surface area contributed by atoms with E-state index in [1.165, 1.54) is 12.8 Å². The summed E-state index contributed by atoms with van der Waals surface area (Å²) in [4.78, 5) is 0. The van der Waals surface area contributed by atoms with Crippen LogP contribution in [0.2, 0.25) is 0 Å². The predicted octanol–water partition coefficient (Wildman–Crippen LogP) is 3.75. The average molecular weight is 218 g/mol. The first-order valence-corrected chi connectivity index (χ1v) is 5.91. The van der Waals surface area contributed by atoms with Gasteiger partial charge in [-0.3, -0.25) is 0 Å². The quantitative estimate of drug-likeness (QED) is 0.676. The number of ether oxygens (including phenoxy) is 2. The van der Waals surface area contributed by atoms with E-state index >= 15 is 0 Å². The lowest BCUT2D eigenvalue weighted by Crippen LogP contribution is -2.16. The van der Waals surface area contributed by atoms with Gasteiger partial charge in [-0.05, 0) is 17.8 Å². The van der Waals surface area contributed by atoms with Crippen LogP contribution in [0.1, 0.15) is 47.5 Å². The number of hydrogen-bond acceptors (Lipinski definition) is 2. The minimum atomic E-state index is 0.370. The predicted molar refractivity (Wildman–Crippen MR) is 67.3 cm³/mol. The standard InChI is InChI=1S/C7H16O.C6H14O/c1-5-7(2,3)6-8-4;1-4-6(2)5-7-3/h5-6H2,1-4H3;6H,4-5H2,1-3H3. The molecule has 0 spiro atoms. The van der Waals surface area contributed by atoms with Crippen molar-refractivity contribution in [2.75, 3.05) is 27.4 Å². The molecular formula is C13H30O2. The Morgan fingerprint density at radius 1 is 1.07 bits per heavy atom. The smallest absolute Gasteiger partial charge is 0.0513 e. The Morgan fingerprint density at radius 3 is 1.73 bits per heavy atom. The maximum atomic E-state index is 5.00. The third-order valence-corrected chi connectivity index (χ3v) is 2.64. The van der Waals surface area contributed by atoms with Crippen LogP contribution >= 0.6 is 0 Å². The molecule has 0 aliphatic heterocycles. The Hall–Kier alpha value is -0.0800. The molecular weight excluding hydrogens is 188 g/mol. The zero-order valence-electron chi connectivity index (χ0n) is 11.7. The molecule has 1 atom stereocenters. The van der Waals surface area contributed by atoms with Gasteiger partial charge in [0.1, 0.15) is 0 Å². The molecule has 0 aliphatic carbocycles. The largest absolute Gasteiger partial charge is 0.384 e. The lowest BCUT2D eigenvalue weighted by atomic mass is 9.92. The van der Waals surface area contributed by atoms with E-state index in [1.54, 1.807) is 14.2 Å². The Bertz CT molecular complexity index is 122. The van der Waals surface area contributed by atoms with Gasteiger partial charge in [0.15, 0.2) is 0 Å². The first kappa shape index (κ1) is 17.3. The summed E-state index contributed by atoms with van der Waals surface area (Å²) in [5, 5.41) is 0. The summed E-state index contributed by atoms with van der Waals surface area (Å²) in [6.45, 7) is 12.7. The van der Waals surface area contributed by atoms with Crippen molar-refractivity contribution in [2.45, 2.75) is 47.5 Å². The molecule has 0 saturated carbocycles. The van der Waals surface area contributed by atoms with Gasteiger partial charge >= 0.3 is 0 Å². The first-order chi connectivity index (χ1) is 6.93. The molecule has 0 bridgehead atoms. The first-order valence-electron chi connectivity index (χ1n) is 5.91. The highest BCUT2D eigenvalue weighted by Crippen LogP contribution is 2.18. The van der Waals surface area contributed by atoms with Gasteiger partial charge in [0.05, 0.1) is 6.61 Å². The van der Waals surface area contributed by atoms with Crippen LogP contribution in [0.4, 0.5) is 0 Å². The third kappa shape index (κ3) is 13.9. The molecule has 0 N–H and O–H groups in total. The van der Waals surface area contributed by atoms with Crippen LogP contribution in [0.5, 0.6) is 0 Å². The molecule has 1 unspecified atom stereocenters. The van der Waals surface area contributed by atoms with Crippen molar-refractivity contribution in [2.24, 2.45) is 11.3 Å². The molecule has 0 amide bonds. The SMILES string of the molecule is CCC(C)(C)COC.CCC(C)COC. The molecule has 2 nitrogen and oxygen atoms in total. The van der Waals surface area contributed by atoms with Gasteiger partial charge in [0, 0.05) is 20.8 Å². The van der Waals surface area contributed by atoms with Gasteiger partial charge in [-0.25, -0.2) is 0 Å². The summed E-state index contributed by atoms with van der Waals surface area (Å²) >= 11 is 0. The van der Waals surface area contributed by atoms with Crippen LogP contribution in [0.3, 0.4) is 0 Å². The molecule has 0 fully saturated rings. The van der Waals surface area contributed by atoms with Crippen molar-refractivity contribution in [3.63, 3.8) is 0 Å². The van der Waals surface area contributed by atoms with Crippen LogP contribution in [0.25, 0.3) is 0 Å². The van der Waals surface area contributed by atoms with E-state index < -0.39 is 0 Å². The van der Waals surface area contributed by atoms with E-state index in [1.807, 2.05) is 0 Å². The maximum Gasteiger partial charge on any atom is 0.0513 e. The average Bonchev–Trinajstić information content (AvgIpc) is 2.19. The summed E-state index contributed by atoms with van der Waals surface area (Å²) in [7, 11) is 3.49. The normalized spacial score (nSPS) is 13.0. The lowest BCUT2D eigenvalue weighted by molar-refractivity contribution is 0.102. The van der Waals surface area contributed by atoms with Crippen molar-refractivity contribution in [1.29, 1.82) is 0 Å². The van der Waals surface area contributed by atoms with Crippen LogP contribution in [0, 0.1) is 11.3 Å². The molecule has 0 aromatic rings. The summed E-state index contributed by atoms with van der Waals surface area (Å²) in [5.41, 5.74) is 0.370. The van der Waals surface area contributed by atoms with Gasteiger partial charge in [0.2, 0.25) is 0 Å². The van der Waals surface area contributed by atoms with Crippen molar-refractivity contribution < 1.29 is 9.47 Å². The fourth-order valence-corrected chi connectivity index (χ4v) is 0.895. The topological polar surface area (TPSA) is 18.5 Å². The molecule has 0 aromatic heterocycles. The highest BCUT2D eigenvalue weighted by Gasteiger charge is 2.13. The minimum Gasteiger partial charge on any atom is -0.384 e.